The van der Waals surface area contributed by atoms with Gasteiger partial charge in [-0.25, -0.2) is 4.98 Å². The minimum absolute atomic E-state index is 0.323. The lowest BCUT2D eigenvalue weighted by molar-refractivity contribution is -0.137. The highest BCUT2D eigenvalue weighted by atomic mass is 16.4. The molecular formula is C16H19N3O3. The van der Waals surface area contributed by atoms with Crippen LogP contribution in [0.1, 0.15) is 19.8 Å². The maximum absolute atomic E-state index is 12.7. The first-order valence-electron chi connectivity index (χ1n) is 7.52. The molecule has 1 N–H and O–H groups in total. The molecule has 1 aliphatic heterocycles. The summed E-state index contributed by atoms with van der Waals surface area (Å²) < 4.78 is 1.30. The highest BCUT2D eigenvalue weighted by Crippen LogP contribution is 2.21. The van der Waals surface area contributed by atoms with Crippen LogP contribution >= 0.6 is 0 Å². The summed E-state index contributed by atoms with van der Waals surface area (Å²) in [6.45, 7) is 3.43. The van der Waals surface area contributed by atoms with Gasteiger partial charge < -0.3 is 10.0 Å². The van der Waals surface area contributed by atoms with Crippen LogP contribution in [0.5, 0.6) is 0 Å². The van der Waals surface area contributed by atoms with Crippen LogP contribution in [0.4, 0.5) is 5.82 Å². The lowest BCUT2D eigenvalue weighted by Crippen LogP contribution is -2.39. The molecule has 1 saturated heterocycles. The number of aliphatic carboxylic acids is 1. The fourth-order valence-electron chi connectivity index (χ4n) is 2.90. The van der Waals surface area contributed by atoms with E-state index in [0.717, 1.165) is 25.9 Å². The second-order valence-corrected chi connectivity index (χ2v) is 5.88. The predicted octanol–water partition coefficient (Wildman–Crippen LogP) is 1.72. The Hall–Kier alpha value is -2.37. The maximum Gasteiger partial charge on any atom is 0.323 e. The number of anilines is 1. The van der Waals surface area contributed by atoms with E-state index in [4.69, 9.17) is 5.11 Å². The molecule has 0 amide bonds. The quantitative estimate of drug-likeness (QED) is 0.934. The smallest absolute Gasteiger partial charge is 0.323 e. The van der Waals surface area contributed by atoms with E-state index in [-0.39, 0.29) is 12.1 Å². The van der Waals surface area contributed by atoms with Crippen molar-refractivity contribution in [3.63, 3.8) is 0 Å². The molecule has 0 unspecified atom stereocenters. The number of fused-ring (bicyclic) bond motifs is 1. The summed E-state index contributed by atoms with van der Waals surface area (Å²) in [6, 6.07) is 7.16. The minimum atomic E-state index is -1.03. The zero-order chi connectivity index (χ0) is 15.7. The number of hydrogen-bond acceptors (Lipinski definition) is 4. The number of carboxylic acids is 1. The van der Waals surface area contributed by atoms with Crippen molar-refractivity contribution in [1.82, 2.24) is 9.55 Å². The van der Waals surface area contributed by atoms with Crippen molar-refractivity contribution in [3.8, 4) is 0 Å². The Bertz CT molecular complexity index is 761. The van der Waals surface area contributed by atoms with E-state index in [1.165, 1.54) is 4.57 Å². The number of aromatic nitrogens is 2. The molecule has 116 valence electrons. The first-order valence-corrected chi connectivity index (χ1v) is 7.52. The van der Waals surface area contributed by atoms with Crippen molar-refractivity contribution in [2.45, 2.75) is 26.3 Å². The van der Waals surface area contributed by atoms with Crippen LogP contribution in [-0.2, 0) is 11.3 Å². The number of carboxylic acid groups (broad SMARTS) is 1. The number of carbonyl (C=O) groups is 1. The van der Waals surface area contributed by atoms with Gasteiger partial charge in [0.15, 0.2) is 5.82 Å². The first-order chi connectivity index (χ1) is 10.6. The van der Waals surface area contributed by atoms with Crippen LogP contribution in [0.25, 0.3) is 11.0 Å². The highest BCUT2D eigenvalue weighted by molar-refractivity contribution is 5.78. The minimum Gasteiger partial charge on any atom is -0.480 e. The van der Waals surface area contributed by atoms with E-state index in [9.17, 15) is 9.59 Å². The molecule has 6 nitrogen and oxygen atoms in total. The molecule has 0 bridgehead atoms. The van der Waals surface area contributed by atoms with Gasteiger partial charge in [0.25, 0.3) is 5.56 Å². The van der Waals surface area contributed by atoms with Gasteiger partial charge in [-0.15, -0.1) is 0 Å². The van der Waals surface area contributed by atoms with Gasteiger partial charge in [0, 0.05) is 13.1 Å². The Balaban J connectivity index is 2.12. The number of nitrogens with zero attached hydrogens (tertiary/aromatic N) is 3. The SMILES string of the molecule is CC1CCN(c2nc3ccccc3n(CC(=O)O)c2=O)CC1. The molecule has 0 spiro atoms. The standard InChI is InChI=1S/C16H19N3O3/c1-11-6-8-18(9-7-11)15-16(22)19(10-14(20)21)13-5-3-2-4-12(13)17-15/h2-5,11H,6-10H2,1H3,(H,20,21). The van der Waals surface area contributed by atoms with Gasteiger partial charge >= 0.3 is 5.97 Å². The summed E-state index contributed by atoms with van der Waals surface area (Å²) >= 11 is 0. The van der Waals surface area contributed by atoms with Crippen molar-refractivity contribution >= 4 is 22.8 Å². The summed E-state index contributed by atoms with van der Waals surface area (Å²) in [5, 5.41) is 9.09. The number of hydrogen-bond donors (Lipinski definition) is 1. The predicted molar refractivity (Wildman–Crippen MR) is 84.2 cm³/mol. The zero-order valence-electron chi connectivity index (χ0n) is 12.5. The van der Waals surface area contributed by atoms with Crippen LogP contribution < -0.4 is 10.5 Å². The zero-order valence-corrected chi connectivity index (χ0v) is 12.5. The Morgan fingerprint density at radius 3 is 2.68 bits per heavy atom. The average molecular weight is 301 g/mol. The molecule has 0 aliphatic carbocycles. The van der Waals surface area contributed by atoms with Gasteiger partial charge in [0.1, 0.15) is 6.54 Å². The molecular weight excluding hydrogens is 282 g/mol. The molecule has 2 heterocycles. The molecule has 0 saturated carbocycles. The Morgan fingerprint density at radius 2 is 2.00 bits per heavy atom. The Labute approximate surface area is 128 Å². The monoisotopic (exact) mass is 301 g/mol. The summed E-state index contributed by atoms with van der Waals surface area (Å²) in [7, 11) is 0. The molecule has 6 heteroatoms. The van der Waals surface area contributed by atoms with Crippen molar-refractivity contribution in [1.29, 1.82) is 0 Å². The van der Waals surface area contributed by atoms with Gasteiger partial charge in [-0.1, -0.05) is 19.1 Å². The fourth-order valence-corrected chi connectivity index (χ4v) is 2.90. The van der Waals surface area contributed by atoms with Crippen molar-refractivity contribution in [2.75, 3.05) is 18.0 Å². The normalized spacial score (nSPS) is 16.1. The van der Waals surface area contributed by atoms with E-state index in [1.54, 1.807) is 12.1 Å². The second kappa shape index (κ2) is 5.79. The summed E-state index contributed by atoms with van der Waals surface area (Å²) in [6.07, 6.45) is 2.04. The summed E-state index contributed by atoms with van der Waals surface area (Å²) in [4.78, 5) is 30.3. The van der Waals surface area contributed by atoms with E-state index < -0.39 is 5.97 Å². The van der Waals surface area contributed by atoms with Crippen LogP contribution in [0.2, 0.25) is 0 Å². The molecule has 22 heavy (non-hydrogen) atoms. The van der Waals surface area contributed by atoms with Gasteiger partial charge in [0.05, 0.1) is 11.0 Å². The van der Waals surface area contributed by atoms with Crippen LogP contribution in [-0.4, -0.2) is 33.7 Å². The Morgan fingerprint density at radius 1 is 1.32 bits per heavy atom. The molecule has 1 aromatic heterocycles. The van der Waals surface area contributed by atoms with Gasteiger partial charge in [0.2, 0.25) is 0 Å². The molecule has 0 radical (unpaired) electrons. The molecule has 3 rings (SSSR count). The lowest BCUT2D eigenvalue weighted by atomic mass is 9.99. The third-order valence-electron chi connectivity index (χ3n) is 4.21. The van der Waals surface area contributed by atoms with Crippen LogP contribution in [0.3, 0.4) is 0 Å². The van der Waals surface area contributed by atoms with E-state index in [2.05, 4.69) is 11.9 Å². The molecule has 2 aromatic rings. The molecule has 1 aliphatic rings. The van der Waals surface area contributed by atoms with Gasteiger partial charge in [-0.3, -0.25) is 14.2 Å². The van der Waals surface area contributed by atoms with Crippen molar-refractivity contribution in [2.24, 2.45) is 5.92 Å². The number of para-hydroxylation sites is 2. The molecule has 0 atom stereocenters. The fraction of sp³-hybridized carbons (Fsp3) is 0.438. The second-order valence-electron chi connectivity index (χ2n) is 5.88. The first kappa shape index (κ1) is 14.6. The third-order valence-corrected chi connectivity index (χ3v) is 4.21. The van der Waals surface area contributed by atoms with Crippen molar-refractivity contribution in [3.05, 3.63) is 34.6 Å². The highest BCUT2D eigenvalue weighted by Gasteiger charge is 2.22. The van der Waals surface area contributed by atoms with E-state index in [0.29, 0.717) is 22.8 Å². The van der Waals surface area contributed by atoms with Crippen LogP contribution in [0, 0.1) is 5.92 Å². The molecule has 1 aromatic carbocycles. The van der Waals surface area contributed by atoms with Crippen LogP contribution in [0.15, 0.2) is 29.1 Å². The number of piperidine rings is 1. The van der Waals surface area contributed by atoms with Crippen molar-refractivity contribution < 1.29 is 9.90 Å². The topological polar surface area (TPSA) is 75.4 Å². The average Bonchev–Trinajstić information content (AvgIpc) is 2.50. The lowest BCUT2D eigenvalue weighted by Gasteiger charge is -2.31. The molecule has 1 fully saturated rings. The van der Waals surface area contributed by atoms with E-state index >= 15 is 0 Å². The van der Waals surface area contributed by atoms with Gasteiger partial charge in [-0.2, -0.15) is 0 Å². The summed E-state index contributed by atoms with van der Waals surface area (Å²) in [5.74, 6) is -0.0125. The Kier molecular flexibility index (Phi) is 3.83. The number of benzene rings is 1. The maximum atomic E-state index is 12.7. The van der Waals surface area contributed by atoms with E-state index in [1.807, 2.05) is 17.0 Å². The van der Waals surface area contributed by atoms with Gasteiger partial charge in [-0.05, 0) is 30.9 Å². The summed E-state index contributed by atoms with van der Waals surface area (Å²) in [5.41, 5.74) is 0.886. The largest absolute Gasteiger partial charge is 0.480 e. The third kappa shape index (κ3) is 2.68. The number of rotatable bonds is 3.